The first-order chi connectivity index (χ1) is 9.53. The number of nitrogens with two attached hydrogens (primary N) is 1. The van der Waals surface area contributed by atoms with Crippen molar-refractivity contribution in [3.05, 3.63) is 35.9 Å². The first kappa shape index (κ1) is 16.6. The van der Waals surface area contributed by atoms with E-state index in [-0.39, 0.29) is 0 Å². The Morgan fingerprint density at radius 2 is 1.95 bits per heavy atom. The van der Waals surface area contributed by atoms with Crippen LogP contribution in [0.25, 0.3) is 0 Å². The van der Waals surface area contributed by atoms with E-state index < -0.39 is 5.54 Å². The van der Waals surface area contributed by atoms with Crippen LogP contribution in [0.4, 0.5) is 0 Å². The number of nitrogens with zero attached hydrogens (tertiary/aromatic N) is 2. The third-order valence-corrected chi connectivity index (χ3v) is 3.59. The molecule has 0 aromatic heterocycles. The molecule has 20 heavy (non-hydrogen) atoms. The van der Waals surface area contributed by atoms with Gasteiger partial charge in [0.15, 0.2) is 0 Å². The number of ether oxygens (including phenoxy) is 1. The average molecular weight is 275 g/mol. The SMILES string of the molecule is COCCN(CCC(N)(C#N)c1ccccc1)C(C)C. The Kier molecular flexibility index (Phi) is 6.66. The second-order valence-electron chi connectivity index (χ2n) is 5.32. The lowest BCUT2D eigenvalue weighted by Gasteiger charge is -2.30. The Morgan fingerprint density at radius 1 is 1.30 bits per heavy atom. The molecule has 0 fully saturated rings. The van der Waals surface area contributed by atoms with Crippen LogP contribution >= 0.6 is 0 Å². The van der Waals surface area contributed by atoms with Crippen molar-refractivity contribution in [2.24, 2.45) is 5.73 Å². The molecule has 0 aliphatic rings. The van der Waals surface area contributed by atoms with Crippen molar-refractivity contribution in [3.63, 3.8) is 0 Å². The average Bonchev–Trinajstić information content (AvgIpc) is 2.47. The van der Waals surface area contributed by atoms with Gasteiger partial charge < -0.3 is 10.5 Å². The molecule has 4 heteroatoms. The number of rotatable bonds is 8. The number of hydrogen-bond acceptors (Lipinski definition) is 4. The van der Waals surface area contributed by atoms with Crippen molar-refractivity contribution in [3.8, 4) is 6.07 Å². The Labute approximate surface area is 122 Å². The maximum Gasteiger partial charge on any atom is 0.131 e. The van der Waals surface area contributed by atoms with Gasteiger partial charge in [-0.2, -0.15) is 5.26 Å². The zero-order chi connectivity index (χ0) is 15.0. The van der Waals surface area contributed by atoms with E-state index in [4.69, 9.17) is 10.5 Å². The first-order valence-corrected chi connectivity index (χ1v) is 7.02. The van der Waals surface area contributed by atoms with Crippen molar-refractivity contribution < 1.29 is 4.74 Å². The van der Waals surface area contributed by atoms with Crippen LogP contribution in [0.5, 0.6) is 0 Å². The number of methoxy groups -OCH3 is 1. The Balaban J connectivity index is 2.71. The highest BCUT2D eigenvalue weighted by Gasteiger charge is 2.27. The Morgan fingerprint density at radius 3 is 2.45 bits per heavy atom. The molecule has 1 aromatic rings. The summed E-state index contributed by atoms with van der Waals surface area (Å²) in [6.45, 7) is 6.60. The van der Waals surface area contributed by atoms with Gasteiger partial charge in [0.05, 0.1) is 12.7 Å². The summed E-state index contributed by atoms with van der Waals surface area (Å²) in [5.74, 6) is 0. The standard InChI is InChI=1S/C16H25N3O/c1-14(2)19(11-12-20-3)10-9-16(18,13-17)15-7-5-4-6-8-15/h4-8,14H,9-12,18H2,1-3H3. The number of nitriles is 1. The molecule has 0 bridgehead atoms. The summed E-state index contributed by atoms with van der Waals surface area (Å²) in [6, 6.07) is 12.3. The molecule has 0 saturated carbocycles. The van der Waals surface area contributed by atoms with Gasteiger partial charge in [0.25, 0.3) is 0 Å². The van der Waals surface area contributed by atoms with Crippen molar-refractivity contribution in [1.82, 2.24) is 4.90 Å². The summed E-state index contributed by atoms with van der Waals surface area (Å²) in [6.07, 6.45) is 0.607. The van der Waals surface area contributed by atoms with E-state index in [1.54, 1.807) is 7.11 Å². The largest absolute Gasteiger partial charge is 0.383 e. The van der Waals surface area contributed by atoms with E-state index in [9.17, 15) is 5.26 Å². The van der Waals surface area contributed by atoms with Gasteiger partial charge in [-0.15, -0.1) is 0 Å². The molecule has 1 aromatic carbocycles. The van der Waals surface area contributed by atoms with Gasteiger partial charge in [-0.3, -0.25) is 4.90 Å². The van der Waals surface area contributed by atoms with E-state index in [2.05, 4.69) is 24.8 Å². The molecule has 0 saturated heterocycles. The molecule has 0 spiro atoms. The van der Waals surface area contributed by atoms with Crippen molar-refractivity contribution >= 4 is 0 Å². The van der Waals surface area contributed by atoms with Crippen molar-refractivity contribution in [2.45, 2.75) is 31.8 Å². The van der Waals surface area contributed by atoms with E-state index in [1.165, 1.54) is 0 Å². The van der Waals surface area contributed by atoms with Gasteiger partial charge in [0.1, 0.15) is 5.54 Å². The maximum atomic E-state index is 9.45. The molecule has 1 rings (SSSR count). The molecule has 1 unspecified atom stereocenters. The zero-order valence-corrected chi connectivity index (χ0v) is 12.7. The number of hydrogen-bond donors (Lipinski definition) is 1. The second-order valence-corrected chi connectivity index (χ2v) is 5.32. The van der Waals surface area contributed by atoms with Gasteiger partial charge in [-0.1, -0.05) is 30.3 Å². The molecule has 4 nitrogen and oxygen atoms in total. The molecule has 0 aliphatic carbocycles. The summed E-state index contributed by atoms with van der Waals surface area (Å²) in [4.78, 5) is 2.28. The lowest BCUT2D eigenvalue weighted by molar-refractivity contribution is 0.125. The minimum Gasteiger partial charge on any atom is -0.383 e. The summed E-state index contributed by atoms with van der Waals surface area (Å²) < 4.78 is 5.13. The highest BCUT2D eigenvalue weighted by atomic mass is 16.5. The van der Waals surface area contributed by atoms with Gasteiger partial charge in [0.2, 0.25) is 0 Å². The molecule has 0 heterocycles. The molecule has 0 amide bonds. The Hall–Kier alpha value is -1.41. The Bertz CT molecular complexity index is 427. The molecule has 2 N–H and O–H groups in total. The predicted molar refractivity (Wildman–Crippen MR) is 81.1 cm³/mol. The molecule has 1 atom stereocenters. The van der Waals surface area contributed by atoms with E-state index >= 15 is 0 Å². The minimum absolute atomic E-state index is 0.406. The van der Waals surface area contributed by atoms with Crippen LogP contribution in [0.3, 0.4) is 0 Å². The van der Waals surface area contributed by atoms with Crippen molar-refractivity contribution in [1.29, 1.82) is 5.26 Å². The fourth-order valence-electron chi connectivity index (χ4n) is 2.16. The lowest BCUT2D eigenvalue weighted by atomic mass is 9.89. The second kappa shape index (κ2) is 8.01. The van der Waals surface area contributed by atoms with Gasteiger partial charge in [-0.05, 0) is 25.8 Å². The van der Waals surface area contributed by atoms with E-state index in [1.807, 2.05) is 30.3 Å². The fraction of sp³-hybridized carbons (Fsp3) is 0.562. The van der Waals surface area contributed by atoms with Crippen LogP contribution in [0.15, 0.2) is 30.3 Å². The highest BCUT2D eigenvalue weighted by Crippen LogP contribution is 2.22. The van der Waals surface area contributed by atoms with Crippen LogP contribution in [-0.4, -0.2) is 37.7 Å². The smallest absolute Gasteiger partial charge is 0.131 e. The van der Waals surface area contributed by atoms with Gasteiger partial charge in [-0.25, -0.2) is 0 Å². The summed E-state index contributed by atoms with van der Waals surface area (Å²) in [5.41, 5.74) is 6.22. The molecule has 0 aliphatic heterocycles. The molecular formula is C16H25N3O. The van der Waals surface area contributed by atoms with Crippen LogP contribution in [-0.2, 0) is 10.3 Å². The van der Waals surface area contributed by atoms with Crippen LogP contribution < -0.4 is 5.73 Å². The van der Waals surface area contributed by atoms with Gasteiger partial charge >= 0.3 is 0 Å². The highest BCUT2D eigenvalue weighted by molar-refractivity contribution is 5.30. The minimum atomic E-state index is -0.929. The normalized spacial score (nSPS) is 14.2. The monoisotopic (exact) mass is 275 g/mol. The number of benzene rings is 1. The molecular weight excluding hydrogens is 250 g/mol. The van der Waals surface area contributed by atoms with Crippen LogP contribution in [0.1, 0.15) is 25.8 Å². The van der Waals surface area contributed by atoms with Crippen LogP contribution in [0, 0.1) is 11.3 Å². The topological polar surface area (TPSA) is 62.3 Å². The van der Waals surface area contributed by atoms with Crippen molar-refractivity contribution in [2.75, 3.05) is 26.8 Å². The first-order valence-electron chi connectivity index (χ1n) is 7.02. The van der Waals surface area contributed by atoms with E-state index in [0.717, 1.165) is 18.7 Å². The zero-order valence-electron chi connectivity index (χ0n) is 12.7. The quantitative estimate of drug-likeness (QED) is 0.789. The van der Waals surface area contributed by atoms with Gasteiger partial charge in [0, 0.05) is 26.2 Å². The van der Waals surface area contributed by atoms with Crippen LogP contribution in [0.2, 0.25) is 0 Å². The third kappa shape index (κ3) is 4.61. The fourth-order valence-corrected chi connectivity index (χ4v) is 2.16. The third-order valence-electron chi connectivity index (χ3n) is 3.59. The predicted octanol–water partition coefficient (Wildman–Crippen LogP) is 2.11. The summed E-state index contributed by atoms with van der Waals surface area (Å²) in [7, 11) is 1.70. The lowest BCUT2D eigenvalue weighted by Crippen LogP contribution is -2.42. The summed E-state index contributed by atoms with van der Waals surface area (Å²) >= 11 is 0. The summed E-state index contributed by atoms with van der Waals surface area (Å²) in [5, 5.41) is 9.45. The maximum absolute atomic E-state index is 9.45. The molecule has 110 valence electrons. The molecule has 0 radical (unpaired) electrons. The van der Waals surface area contributed by atoms with E-state index in [0.29, 0.717) is 19.1 Å².